The van der Waals surface area contributed by atoms with Gasteiger partial charge in [0.25, 0.3) is 17.7 Å². The highest BCUT2D eigenvalue weighted by Crippen LogP contribution is 2.27. The molecule has 0 unspecified atom stereocenters. The Morgan fingerprint density at radius 3 is 2.22 bits per heavy atom. The molecular weight excluding hydrogens is 532 g/mol. The molecule has 3 atom stereocenters. The first kappa shape index (κ1) is 29.7. The first-order valence-corrected chi connectivity index (χ1v) is 13.3. The Morgan fingerprint density at radius 1 is 0.951 bits per heavy atom. The molecule has 0 saturated heterocycles. The molecule has 0 aliphatic carbocycles. The summed E-state index contributed by atoms with van der Waals surface area (Å²) in [6.45, 7) is 4.13. The van der Waals surface area contributed by atoms with Crippen molar-refractivity contribution in [2.75, 3.05) is 39.2 Å². The molecule has 1 heterocycles. The van der Waals surface area contributed by atoms with Gasteiger partial charge < -0.3 is 24.6 Å². The lowest BCUT2D eigenvalue weighted by atomic mass is 10.0. The molecule has 0 fully saturated rings. The summed E-state index contributed by atoms with van der Waals surface area (Å²) in [6, 6.07) is 15.5. The molecule has 216 valence electrons. The van der Waals surface area contributed by atoms with Crippen LogP contribution in [-0.4, -0.2) is 73.5 Å². The zero-order valence-corrected chi connectivity index (χ0v) is 23.4. The van der Waals surface area contributed by atoms with E-state index in [1.807, 2.05) is 6.92 Å². The van der Waals surface area contributed by atoms with Crippen molar-refractivity contribution in [3.05, 3.63) is 95.1 Å². The van der Waals surface area contributed by atoms with Gasteiger partial charge in [-0.3, -0.25) is 14.4 Å². The number of ether oxygens (including phenoxy) is 2. The number of nitrogens with one attached hydrogen (secondary N) is 1. The molecular formula is C31H33F2N3O5. The lowest BCUT2D eigenvalue weighted by molar-refractivity contribution is 0.0110. The third kappa shape index (κ3) is 6.71. The van der Waals surface area contributed by atoms with Crippen molar-refractivity contribution in [3.63, 3.8) is 0 Å². The van der Waals surface area contributed by atoms with E-state index in [0.29, 0.717) is 0 Å². The highest BCUT2D eigenvalue weighted by molar-refractivity contribution is 6.05. The van der Waals surface area contributed by atoms with Gasteiger partial charge in [-0.1, -0.05) is 31.2 Å². The highest BCUT2D eigenvalue weighted by Gasteiger charge is 2.31. The van der Waals surface area contributed by atoms with Gasteiger partial charge >= 0.3 is 0 Å². The number of anilines is 1. The molecule has 3 aromatic rings. The quantitative estimate of drug-likeness (QED) is 0.488. The maximum Gasteiger partial charge on any atom is 0.258 e. The molecule has 10 heteroatoms. The normalized spacial score (nSPS) is 19.9. The molecule has 1 aliphatic heterocycles. The van der Waals surface area contributed by atoms with Crippen molar-refractivity contribution in [1.82, 2.24) is 9.80 Å². The molecule has 1 aliphatic rings. The number of fused-ring (bicyclic) bond motifs is 1. The molecule has 3 amide bonds. The second kappa shape index (κ2) is 12.9. The third-order valence-corrected chi connectivity index (χ3v) is 7.19. The molecule has 0 bridgehead atoms. The Hall–Kier alpha value is -4.31. The molecule has 0 spiro atoms. The first-order chi connectivity index (χ1) is 19.6. The summed E-state index contributed by atoms with van der Waals surface area (Å²) in [5, 5.41) is 2.63. The standard InChI is InChI=1S/C31H33F2N3O5/c1-19-16-36(31(39)23-10-6-8-12-26(23)33)20(2)18-41-27-14-13-21(34-29(37)22-9-5-7-11-25(22)32)15-24(27)30(38)35(3)17-28(19)40-4/h5-15,19-20,28H,16-18H2,1-4H3,(H,34,37)/t19-,20+,28-/m0/s1. The summed E-state index contributed by atoms with van der Waals surface area (Å²) in [6.07, 6.45) is -0.445. The molecule has 0 radical (unpaired) electrons. The van der Waals surface area contributed by atoms with Crippen molar-refractivity contribution >= 4 is 23.4 Å². The Kier molecular flexibility index (Phi) is 9.34. The SMILES string of the molecule is CO[C@H]1CN(C)C(=O)c2cc(NC(=O)c3ccccc3F)ccc2OC[C@@H](C)N(C(=O)c2ccccc2F)C[C@@H]1C. The minimum absolute atomic E-state index is 0.00941. The summed E-state index contributed by atoms with van der Waals surface area (Å²) < 4.78 is 40.5. The maximum atomic E-state index is 14.6. The number of carbonyl (C=O) groups is 3. The van der Waals surface area contributed by atoms with E-state index in [0.717, 1.165) is 0 Å². The van der Waals surface area contributed by atoms with E-state index < -0.39 is 35.6 Å². The summed E-state index contributed by atoms with van der Waals surface area (Å²) >= 11 is 0. The van der Waals surface area contributed by atoms with E-state index >= 15 is 0 Å². The number of nitrogens with zero attached hydrogens (tertiary/aromatic N) is 2. The van der Waals surface area contributed by atoms with Gasteiger partial charge in [0.05, 0.1) is 28.8 Å². The predicted octanol–water partition coefficient (Wildman–Crippen LogP) is 4.86. The Labute approximate surface area is 237 Å². The van der Waals surface area contributed by atoms with Gasteiger partial charge in [0.15, 0.2) is 0 Å². The Morgan fingerprint density at radius 2 is 1.59 bits per heavy atom. The van der Waals surface area contributed by atoms with Crippen LogP contribution in [0.4, 0.5) is 14.5 Å². The fourth-order valence-corrected chi connectivity index (χ4v) is 4.77. The van der Waals surface area contributed by atoms with E-state index in [2.05, 4.69) is 5.32 Å². The number of likely N-dealkylation sites (N-methyl/N-ethyl adjacent to an activating group) is 1. The van der Waals surface area contributed by atoms with Crippen LogP contribution in [0.1, 0.15) is 44.9 Å². The van der Waals surface area contributed by atoms with Crippen LogP contribution in [0.3, 0.4) is 0 Å². The van der Waals surface area contributed by atoms with Crippen LogP contribution in [0.2, 0.25) is 0 Å². The van der Waals surface area contributed by atoms with Crippen LogP contribution in [0, 0.1) is 17.6 Å². The number of benzene rings is 3. The lowest BCUT2D eigenvalue weighted by Gasteiger charge is -2.36. The van der Waals surface area contributed by atoms with E-state index in [4.69, 9.17) is 9.47 Å². The average Bonchev–Trinajstić information content (AvgIpc) is 2.96. The van der Waals surface area contributed by atoms with Gasteiger partial charge in [0, 0.05) is 38.9 Å². The van der Waals surface area contributed by atoms with Gasteiger partial charge in [-0.05, 0) is 49.4 Å². The summed E-state index contributed by atoms with van der Waals surface area (Å²) in [5.41, 5.74) is 0.262. The third-order valence-electron chi connectivity index (χ3n) is 7.19. The smallest absolute Gasteiger partial charge is 0.258 e. The number of rotatable bonds is 4. The Bertz CT molecular complexity index is 1430. The largest absolute Gasteiger partial charge is 0.491 e. The van der Waals surface area contributed by atoms with Crippen molar-refractivity contribution in [2.45, 2.75) is 26.0 Å². The van der Waals surface area contributed by atoms with Gasteiger partial charge in [-0.25, -0.2) is 8.78 Å². The number of halogens is 2. The predicted molar refractivity (Wildman–Crippen MR) is 150 cm³/mol. The van der Waals surface area contributed by atoms with E-state index in [1.54, 1.807) is 37.1 Å². The number of hydrogen-bond donors (Lipinski definition) is 1. The minimum atomic E-state index is -0.668. The van der Waals surface area contributed by atoms with Crippen LogP contribution >= 0.6 is 0 Å². The van der Waals surface area contributed by atoms with Crippen LogP contribution in [0.5, 0.6) is 5.75 Å². The van der Waals surface area contributed by atoms with Crippen LogP contribution < -0.4 is 10.1 Å². The maximum absolute atomic E-state index is 14.6. The number of carbonyl (C=O) groups excluding carboxylic acids is 3. The highest BCUT2D eigenvalue weighted by atomic mass is 19.1. The average molecular weight is 566 g/mol. The van der Waals surface area contributed by atoms with E-state index in [1.165, 1.54) is 60.5 Å². The van der Waals surface area contributed by atoms with Crippen LogP contribution in [0.15, 0.2) is 66.7 Å². The summed E-state index contributed by atoms with van der Waals surface area (Å²) in [5.74, 6) is -2.79. The van der Waals surface area contributed by atoms with Gasteiger partial charge in [-0.15, -0.1) is 0 Å². The minimum Gasteiger partial charge on any atom is -0.491 e. The summed E-state index contributed by atoms with van der Waals surface area (Å²) in [4.78, 5) is 42.8. The van der Waals surface area contributed by atoms with Crippen LogP contribution in [0.25, 0.3) is 0 Å². The number of amides is 3. The van der Waals surface area contributed by atoms with Crippen molar-refractivity contribution in [3.8, 4) is 5.75 Å². The zero-order valence-electron chi connectivity index (χ0n) is 23.4. The van der Waals surface area contributed by atoms with Crippen molar-refractivity contribution in [1.29, 1.82) is 0 Å². The van der Waals surface area contributed by atoms with Gasteiger partial charge in [-0.2, -0.15) is 0 Å². The molecule has 0 saturated carbocycles. The second-order valence-corrected chi connectivity index (χ2v) is 10.2. The lowest BCUT2D eigenvalue weighted by Crippen LogP contribution is -2.48. The molecule has 41 heavy (non-hydrogen) atoms. The van der Waals surface area contributed by atoms with Crippen molar-refractivity contribution < 1.29 is 32.6 Å². The van der Waals surface area contributed by atoms with Gasteiger partial charge in [0.2, 0.25) is 0 Å². The van der Waals surface area contributed by atoms with Crippen molar-refractivity contribution in [2.24, 2.45) is 5.92 Å². The monoisotopic (exact) mass is 565 g/mol. The van der Waals surface area contributed by atoms with Crippen LogP contribution in [-0.2, 0) is 4.74 Å². The molecule has 1 N–H and O–H groups in total. The molecule has 3 aromatic carbocycles. The van der Waals surface area contributed by atoms with E-state index in [-0.39, 0.29) is 59.6 Å². The fourth-order valence-electron chi connectivity index (χ4n) is 4.77. The zero-order chi connectivity index (χ0) is 29.7. The fraction of sp³-hybridized carbons (Fsp3) is 0.323. The van der Waals surface area contributed by atoms with E-state index in [9.17, 15) is 23.2 Å². The molecule has 8 nitrogen and oxygen atoms in total. The molecule has 0 aromatic heterocycles. The Balaban J connectivity index is 1.67. The topological polar surface area (TPSA) is 88.2 Å². The second-order valence-electron chi connectivity index (χ2n) is 10.2. The van der Waals surface area contributed by atoms with Gasteiger partial charge in [0.1, 0.15) is 24.0 Å². The summed E-state index contributed by atoms with van der Waals surface area (Å²) in [7, 11) is 3.15. The number of methoxy groups -OCH3 is 1. The first-order valence-electron chi connectivity index (χ1n) is 13.3. The molecule has 4 rings (SSSR count). The number of hydrogen-bond acceptors (Lipinski definition) is 5.